The second-order valence-electron chi connectivity index (χ2n) is 4.08. The molecule has 16 heavy (non-hydrogen) atoms. The van der Waals surface area contributed by atoms with Gasteiger partial charge < -0.3 is 9.84 Å². The fraction of sp³-hybridized carbons (Fsp3) is 0.538. The summed E-state index contributed by atoms with van der Waals surface area (Å²) >= 11 is 0. The van der Waals surface area contributed by atoms with Gasteiger partial charge in [0.05, 0.1) is 12.2 Å². The van der Waals surface area contributed by atoms with E-state index in [1.54, 1.807) is 19.1 Å². The van der Waals surface area contributed by atoms with Gasteiger partial charge >= 0.3 is 0 Å². The fourth-order valence-electron chi connectivity index (χ4n) is 1.62. The molecule has 2 nitrogen and oxygen atoms in total. The minimum Gasteiger partial charge on any atom is -0.491 e. The van der Waals surface area contributed by atoms with Crippen LogP contribution in [0.2, 0.25) is 0 Å². The first-order valence-electron chi connectivity index (χ1n) is 5.68. The van der Waals surface area contributed by atoms with Gasteiger partial charge in [-0.2, -0.15) is 0 Å². The van der Waals surface area contributed by atoms with Gasteiger partial charge in [0.2, 0.25) is 0 Å². The summed E-state index contributed by atoms with van der Waals surface area (Å²) in [6.07, 6.45) is 1.28. The molecule has 0 saturated heterocycles. The molecule has 1 unspecified atom stereocenters. The lowest BCUT2D eigenvalue weighted by Gasteiger charge is -2.15. The summed E-state index contributed by atoms with van der Waals surface area (Å²) in [5, 5.41) is 9.28. The Labute approximate surface area is 96.1 Å². The van der Waals surface area contributed by atoms with Crippen LogP contribution in [-0.4, -0.2) is 11.2 Å². The van der Waals surface area contributed by atoms with Crippen LogP contribution in [0.25, 0.3) is 0 Å². The Morgan fingerprint density at radius 3 is 2.56 bits per heavy atom. The molecule has 2 atom stereocenters. The molecule has 0 bridgehead atoms. The lowest BCUT2D eigenvalue weighted by Crippen LogP contribution is -2.11. The summed E-state index contributed by atoms with van der Waals surface area (Å²) in [7, 11) is 0. The molecule has 0 fully saturated rings. The third kappa shape index (κ3) is 3.49. The highest BCUT2D eigenvalue weighted by Crippen LogP contribution is 2.22. The first-order valence-corrected chi connectivity index (χ1v) is 5.68. The summed E-state index contributed by atoms with van der Waals surface area (Å²) < 4.78 is 19.0. The van der Waals surface area contributed by atoms with Gasteiger partial charge in [0.1, 0.15) is 11.6 Å². The van der Waals surface area contributed by atoms with E-state index in [-0.39, 0.29) is 6.10 Å². The minimum atomic E-state index is -0.790. The minimum absolute atomic E-state index is 0.0850. The van der Waals surface area contributed by atoms with Gasteiger partial charge in [0, 0.05) is 11.6 Å². The molecule has 0 aliphatic carbocycles. The van der Waals surface area contributed by atoms with Crippen LogP contribution in [0.4, 0.5) is 4.39 Å². The molecule has 0 amide bonds. The van der Waals surface area contributed by atoms with E-state index in [1.165, 1.54) is 6.07 Å². The maximum Gasteiger partial charge on any atom is 0.132 e. The highest BCUT2D eigenvalue weighted by molar-refractivity contribution is 5.30. The van der Waals surface area contributed by atoms with Gasteiger partial charge in [-0.25, -0.2) is 4.39 Å². The summed E-state index contributed by atoms with van der Waals surface area (Å²) in [6, 6.07) is 4.58. The Morgan fingerprint density at radius 1 is 1.38 bits per heavy atom. The SMILES string of the molecule is CCCC(C)Oc1ccc([C@H](C)O)c(F)c1. The molecule has 0 aliphatic heterocycles. The Hall–Kier alpha value is -1.09. The van der Waals surface area contributed by atoms with Crippen molar-refractivity contribution in [2.24, 2.45) is 0 Å². The van der Waals surface area contributed by atoms with Crippen LogP contribution in [0.3, 0.4) is 0 Å². The van der Waals surface area contributed by atoms with Gasteiger partial charge in [-0.15, -0.1) is 0 Å². The van der Waals surface area contributed by atoms with Gasteiger partial charge in [-0.05, 0) is 32.4 Å². The zero-order valence-corrected chi connectivity index (χ0v) is 10.0. The van der Waals surface area contributed by atoms with Crippen molar-refractivity contribution in [1.29, 1.82) is 0 Å². The zero-order chi connectivity index (χ0) is 12.1. The zero-order valence-electron chi connectivity index (χ0n) is 10.0. The maximum absolute atomic E-state index is 13.5. The molecule has 1 N–H and O–H groups in total. The van der Waals surface area contributed by atoms with E-state index in [0.717, 1.165) is 12.8 Å². The van der Waals surface area contributed by atoms with Crippen molar-refractivity contribution in [2.45, 2.75) is 45.8 Å². The van der Waals surface area contributed by atoms with Crippen LogP contribution in [-0.2, 0) is 0 Å². The number of hydrogen-bond acceptors (Lipinski definition) is 2. The average Bonchev–Trinajstić information content (AvgIpc) is 2.17. The van der Waals surface area contributed by atoms with Gasteiger partial charge in [0.15, 0.2) is 0 Å². The van der Waals surface area contributed by atoms with E-state index in [2.05, 4.69) is 6.92 Å². The molecule has 0 aliphatic rings. The molecule has 0 heterocycles. The third-order valence-corrected chi connectivity index (χ3v) is 2.45. The summed E-state index contributed by atoms with van der Waals surface area (Å²) in [4.78, 5) is 0. The molecule has 3 heteroatoms. The number of halogens is 1. The van der Waals surface area contributed by atoms with Gasteiger partial charge in [-0.1, -0.05) is 13.3 Å². The first-order chi connectivity index (χ1) is 7.54. The van der Waals surface area contributed by atoms with Crippen LogP contribution >= 0.6 is 0 Å². The second kappa shape index (κ2) is 5.85. The van der Waals surface area contributed by atoms with E-state index >= 15 is 0 Å². The molecular formula is C13H19FO2. The molecule has 90 valence electrons. The lowest BCUT2D eigenvalue weighted by molar-refractivity contribution is 0.192. The largest absolute Gasteiger partial charge is 0.491 e. The van der Waals surface area contributed by atoms with Gasteiger partial charge in [-0.3, -0.25) is 0 Å². The van der Waals surface area contributed by atoms with E-state index in [0.29, 0.717) is 11.3 Å². The van der Waals surface area contributed by atoms with Crippen molar-refractivity contribution in [1.82, 2.24) is 0 Å². The Kier molecular flexibility index (Phi) is 4.74. The molecule has 0 spiro atoms. The number of hydrogen-bond donors (Lipinski definition) is 1. The second-order valence-corrected chi connectivity index (χ2v) is 4.08. The van der Waals surface area contributed by atoms with Crippen molar-refractivity contribution >= 4 is 0 Å². The topological polar surface area (TPSA) is 29.5 Å². The fourth-order valence-corrected chi connectivity index (χ4v) is 1.62. The van der Waals surface area contributed by atoms with Gasteiger partial charge in [0.25, 0.3) is 0 Å². The van der Waals surface area contributed by atoms with Crippen molar-refractivity contribution in [3.05, 3.63) is 29.6 Å². The van der Waals surface area contributed by atoms with E-state index in [9.17, 15) is 9.50 Å². The van der Waals surface area contributed by atoms with Crippen molar-refractivity contribution in [3.8, 4) is 5.75 Å². The molecule has 1 aromatic rings. The average molecular weight is 226 g/mol. The number of rotatable bonds is 5. The third-order valence-electron chi connectivity index (χ3n) is 2.45. The normalized spacial score (nSPS) is 14.6. The van der Waals surface area contributed by atoms with Crippen LogP contribution in [0.15, 0.2) is 18.2 Å². The molecule has 0 aromatic heterocycles. The molecule has 1 rings (SSSR count). The van der Waals surface area contributed by atoms with Crippen LogP contribution in [0, 0.1) is 5.82 Å². The quantitative estimate of drug-likeness (QED) is 0.833. The van der Waals surface area contributed by atoms with Crippen LogP contribution in [0.1, 0.15) is 45.3 Å². The van der Waals surface area contributed by atoms with Crippen LogP contribution < -0.4 is 4.74 Å². The van der Waals surface area contributed by atoms with E-state index in [1.807, 2.05) is 6.92 Å². The van der Waals surface area contributed by atoms with Crippen molar-refractivity contribution in [2.75, 3.05) is 0 Å². The Morgan fingerprint density at radius 2 is 2.06 bits per heavy atom. The predicted molar refractivity (Wildman–Crippen MR) is 62.0 cm³/mol. The number of aliphatic hydroxyl groups excluding tert-OH is 1. The van der Waals surface area contributed by atoms with Crippen LogP contribution in [0.5, 0.6) is 5.75 Å². The smallest absolute Gasteiger partial charge is 0.132 e. The Bertz CT molecular complexity index is 337. The van der Waals surface area contributed by atoms with Crippen molar-refractivity contribution < 1.29 is 14.2 Å². The van der Waals surface area contributed by atoms with E-state index in [4.69, 9.17) is 4.74 Å². The highest BCUT2D eigenvalue weighted by atomic mass is 19.1. The summed E-state index contributed by atoms with van der Waals surface area (Å²) in [5.41, 5.74) is 0.301. The summed E-state index contributed by atoms with van der Waals surface area (Å²) in [5.74, 6) is 0.0963. The lowest BCUT2D eigenvalue weighted by atomic mass is 10.1. The predicted octanol–water partition coefficient (Wildman–Crippen LogP) is 3.45. The number of aliphatic hydroxyl groups is 1. The molecule has 1 aromatic carbocycles. The highest BCUT2D eigenvalue weighted by Gasteiger charge is 2.10. The number of benzene rings is 1. The molecule has 0 radical (unpaired) electrons. The first kappa shape index (κ1) is 13.0. The standard InChI is InChI=1S/C13H19FO2/c1-4-5-9(2)16-11-6-7-12(10(3)15)13(14)8-11/h6-10,15H,4-5H2,1-3H3/t9?,10-/m0/s1. The summed E-state index contributed by atoms with van der Waals surface area (Å²) in [6.45, 7) is 5.58. The maximum atomic E-state index is 13.5. The monoisotopic (exact) mass is 226 g/mol. The van der Waals surface area contributed by atoms with Crippen molar-refractivity contribution in [3.63, 3.8) is 0 Å². The Balaban J connectivity index is 2.73. The van der Waals surface area contributed by atoms with E-state index < -0.39 is 11.9 Å². The number of ether oxygens (including phenoxy) is 1. The molecule has 0 saturated carbocycles. The molecular weight excluding hydrogens is 207 g/mol.